The molecule has 2 rings (SSSR count). The van der Waals surface area contributed by atoms with Gasteiger partial charge in [-0.25, -0.2) is 8.42 Å². The topological polar surface area (TPSA) is 34.1 Å². The fraction of sp³-hybridized carbons (Fsp3) is 0.455. The highest BCUT2D eigenvalue weighted by molar-refractivity contribution is 7.92. The summed E-state index contributed by atoms with van der Waals surface area (Å²) in [6.45, 7) is 0. The lowest BCUT2D eigenvalue weighted by Gasteiger charge is -2.29. The minimum absolute atomic E-state index is 0.0280. The molecule has 1 aromatic rings. The summed E-state index contributed by atoms with van der Waals surface area (Å²) in [5.41, 5.74) is -3.23. The molecule has 2 nitrogen and oxygen atoms in total. The van der Waals surface area contributed by atoms with Crippen LogP contribution in [0.3, 0.4) is 0 Å². The van der Waals surface area contributed by atoms with E-state index in [4.69, 9.17) is 0 Å². The average Bonchev–Trinajstić information content (AvgIpc) is 2.22. The molecule has 0 atom stereocenters. The van der Waals surface area contributed by atoms with Crippen molar-refractivity contribution in [1.82, 2.24) is 0 Å². The Bertz CT molecular complexity index is 617. The summed E-state index contributed by atoms with van der Waals surface area (Å²) in [6, 6.07) is 1.28. The number of sulfone groups is 1. The van der Waals surface area contributed by atoms with Gasteiger partial charge in [0.15, 0.2) is 9.84 Å². The van der Waals surface area contributed by atoms with Crippen molar-refractivity contribution >= 4 is 9.84 Å². The molecule has 0 radical (unpaired) electrons. The zero-order valence-corrected chi connectivity index (χ0v) is 10.5. The van der Waals surface area contributed by atoms with Gasteiger partial charge in [0, 0.05) is 5.92 Å². The first kappa shape index (κ1) is 15.1. The minimum Gasteiger partial charge on any atom is -0.229 e. The van der Waals surface area contributed by atoms with E-state index in [1.165, 1.54) is 0 Å². The fourth-order valence-corrected chi connectivity index (χ4v) is 3.57. The van der Waals surface area contributed by atoms with Gasteiger partial charge in [-0.2, -0.15) is 26.3 Å². The van der Waals surface area contributed by atoms with Gasteiger partial charge in [-0.15, -0.1) is 0 Å². The average molecular weight is 318 g/mol. The fourth-order valence-electron chi connectivity index (χ4n) is 2.08. The molecule has 20 heavy (non-hydrogen) atoms. The number of benzene rings is 1. The van der Waals surface area contributed by atoms with Crippen molar-refractivity contribution in [2.45, 2.75) is 18.3 Å². The lowest BCUT2D eigenvalue weighted by Crippen LogP contribution is -2.35. The van der Waals surface area contributed by atoms with E-state index in [0.717, 1.165) is 0 Å². The Morgan fingerprint density at radius 3 is 1.90 bits per heavy atom. The first-order valence-corrected chi connectivity index (χ1v) is 7.21. The molecule has 1 heterocycles. The Morgan fingerprint density at radius 1 is 0.950 bits per heavy atom. The van der Waals surface area contributed by atoms with Crippen LogP contribution in [0.15, 0.2) is 18.2 Å². The van der Waals surface area contributed by atoms with E-state index >= 15 is 0 Å². The van der Waals surface area contributed by atoms with Crippen LogP contribution in [0.25, 0.3) is 0 Å². The molecular formula is C11H8F6O2S. The van der Waals surface area contributed by atoms with Gasteiger partial charge in [-0.3, -0.25) is 0 Å². The SMILES string of the molecule is O=S1(=O)CC(c2ccc(C(F)(F)F)cc2C(F)(F)F)C1. The molecule has 0 spiro atoms. The molecule has 112 valence electrons. The maximum absolute atomic E-state index is 12.8. The van der Waals surface area contributed by atoms with Crippen molar-refractivity contribution in [3.8, 4) is 0 Å². The zero-order valence-electron chi connectivity index (χ0n) is 9.72. The molecule has 1 fully saturated rings. The molecule has 0 saturated carbocycles. The van der Waals surface area contributed by atoms with Crippen LogP contribution in [0.5, 0.6) is 0 Å². The van der Waals surface area contributed by atoms with Gasteiger partial charge in [-0.1, -0.05) is 6.07 Å². The highest BCUT2D eigenvalue weighted by Gasteiger charge is 2.43. The van der Waals surface area contributed by atoms with E-state index < -0.39 is 56.3 Å². The van der Waals surface area contributed by atoms with E-state index in [1.807, 2.05) is 0 Å². The van der Waals surface area contributed by atoms with Gasteiger partial charge in [-0.05, 0) is 17.7 Å². The molecule has 1 saturated heterocycles. The highest BCUT2D eigenvalue weighted by Crippen LogP contribution is 2.42. The quantitative estimate of drug-likeness (QED) is 0.745. The summed E-state index contributed by atoms with van der Waals surface area (Å²) in [5, 5.41) is 0. The Hall–Kier alpha value is -1.25. The maximum Gasteiger partial charge on any atom is 0.416 e. The molecule has 0 N–H and O–H groups in total. The van der Waals surface area contributed by atoms with Crippen molar-refractivity contribution in [2.24, 2.45) is 0 Å². The maximum atomic E-state index is 12.8. The Morgan fingerprint density at radius 2 is 1.50 bits per heavy atom. The van der Waals surface area contributed by atoms with Crippen LogP contribution >= 0.6 is 0 Å². The standard InChI is InChI=1S/C11H8F6O2S/c12-10(13,14)7-1-2-8(6-4-20(18,19)5-6)9(3-7)11(15,16)17/h1-3,6H,4-5H2. The van der Waals surface area contributed by atoms with E-state index in [0.29, 0.717) is 12.1 Å². The molecule has 1 aliphatic heterocycles. The third-order valence-corrected chi connectivity index (χ3v) is 4.86. The second kappa shape index (κ2) is 4.37. The second-order valence-corrected chi connectivity index (χ2v) is 6.73. The molecule has 0 bridgehead atoms. The van der Waals surface area contributed by atoms with Gasteiger partial charge >= 0.3 is 12.4 Å². The van der Waals surface area contributed by atoms with E-state index in [2.05, 4.69) is 0 Å². The summed E-state index contributed by atoms with van der Waals surface area (Å²) >= 11 is 0. The molecule has 0 aromatic heterocycles. The van der Waals surface area contributed by atoms with Crippen LogP contribution in [0.1, 0.15) is 22.6 Å². The Labute approximate surface area is 110 Å². The largest absolute Gasteiger partial charge is 0.416 e. The van der Waals surface area contributed by atoms with Crippen LogP contribution in [-0.4, -0.2) is 19.9 Å². The number of hydrogen-bond acceptors (Lipinski definition) is 2. The third kappa shape index (κ3) is 2.92. The monoisotopic (exact) mass is 318 g/mol. The van der Waals surface area contributed by atoms with Crippen molar-refractivity contribution in [2.75, 3.05) is 11.5 Å². The Balaban J connectivity index is 2.48. The molecular weight excluding hydrogens is 310 g/mol. The molecule has 1 aromatic carbocycles. The smallest absolute Gasteiger partial charge is 0.229 e. The van der Waals surface area contributed by atoms with Crippen LogP contribution in [0.2, 0.25) is 0 Å². The summed E-state index contributed by atoms with van der Waals surface area (Å²) in [4.78, 5) is 0. The van der Waals surface area contributed by atoms with Crippen LogP contribution in [0, 0.1) is 0 Å². The van der Waals surface area contributed by atoms with E-state index in [1.54, 1.807) is 0 Å². The van der Waals surface area contributed by atoms with Crippen LogP contribution in [-0.2, 0) is 22.2 Å². The molecule has 0 aliphatic carbocycles. The summed E-state index contributed by atoms with van der Waals surface area (Å²) in [6.07, 6.45) is -9.85. The predicted molar refractivity (Wildman–Crippen MR) is 57.8 cm³/mol. The van der Waals surface area contributed by atoms with Crippen molar-refractivity contribution in [3.05, 3.63) is 34.9 Å². The summed E-state index contributed by atoms with van der Waals surface area (Å²) in [7, 11) is -3.37. The zero-order chi connectivity index (χ0) is 15.3. The van der Waals surface area contributed by atoms with Gasteiger partial charge in [0.2, 0.25) is 0 Å². The van der Waals surface area contributed by atoms with E-state index in [9.17, 15) is 34.8 Å². The third-order valence-electron chi connectivity index (χ3n) is 3.04. The number of halogens is 6. The summed E-state index contributed by atoms with van der Waals surface area (Å²) in [5.74, 6) is -1.85. The number of hydrogen-bond donors (Lipinski definition) is 0. The first-order chi connectivity index (χ1) is 8.90. The van der Waals surface area contributed by atoms with Gasteiger partial charge < -0.3 is 0 Å². The number of alkyl halides is 6. The lowest BCUT2D eigenvalue weighted by molar-refractivity contribution is -0.143. The minimum atomic E-state index is -4.96. The molecule has 9 heteroatoms. The molecule has 0 unspecified atom stereocenters. The summed E-state index contributed by atoms with van der Waals surface area (Å²) < 4.78 is 97.8. The van der Waals surface area contributed by atoms with Crippen LogP contribution < -0.4 is 0 Å². The van der Waals surface area contributed by atoms with Crippen molar-refractivity contribution < 1.29 is 34.8 Å². The first-order valence-electron chi connectivity index (χ1n) is 5.39. The van der Waals surface area contributed by atoms with Crippen molar-refractivity contribution in [1.29, 1.82) is 0 Å². The Kier molecular flexibility index (Phi) is 3.31. The van der Waals surface area contributed by atoms with Gasteiger partial charge in [0.05, 0.1) is 22.6 Å². The molecule has 0 amide bonds. The lowest BCUT2D eigenvalue weighted by atomic mass is 9.94. The normalized spacial score (nSPS) is 19.7. The second-order valence-electron chi connectivity index (χ2n) is 4.57. The molecule has 1 aliphatic rings. The van der Waals surface area contributed by atoms with Gasteiger partial charge in [0.25, 0.3) is 0 Å². The van der Waals surface area contributed by atoms with Gasteiger partial charge in [0.1, 0.15) is 0 Å². The predicted octanol–water partition coefficient (Wildman–Crippen LogP) is 3.24. The van der Waals surface area contributed by atoms with Crippen LogP contribution in [0.4, 0.5) is 26.3 Å². The number of rotatable bonds is 1. The highest BCUT2D eigenvalue weighted by atomic mass is 32.2. The van der Waals surface area contributed by atoms with E-state index in [-0.39, 0.29) is 6.07 Å². The van der Waals surface area contributed by atoms with Crippen molar-refractivity contribution in [3.63, 3.8) is 0 Å².